The van der Waals surface area contributed by atoms with E-state index in [9.17, 15) is 4.79 Å². The van der Waals surface area contributed by atoms with Crippen molar-refractivity contribution in [2.24, 2.45) is 7.05 Å². The molecule has 0 saturated carbocycles. The first-order valence-electron chi connectivity index (χ1n) is 2.49. The number of rotatable bonds is 0. The molecule has 0 saturated heterocycles. The van der Waals surface area contributed by atoms with Crippen LogP contribution in [0, 0.1) is 3.57 Å². The Hall–Kier alpha value is -0.100. The van der Waals surface area contributed by atoms with Gasteiger partial charge in [0.15, 0.2) is 0 Å². The fourth-order valence-electron chi connectivity index (χ4n) is 0.489. The SMILES string of the molecule is Cn1cnc(=O)c(I)c1Cl. The fourth-order valence-corrected chi connectivity index (χ4v) is 1.13. The summed E-state index contributed by atoms with van der Waals surface area (Å²) in [5.41, 5.74) is -0.274. The molecule has 1 heterocycles. The van der Waals surface area contributed by atoms with E-state index in [-0.39, 0.29) is 5.56 Å². The molecular weight excluding hydrogens is 266 g/mol. The van der Waals surface area contributed by atoms with Gasteiger partial charge in [0.25, 0.3) is 5.56 Å². The Kier molecular flexibility index (Phi) is 2.30. The Balaban J connectivity index is 3.49. The maximum Gasteiger partial charge on any atom is 0.287 e. The number of aryl methyl sites for hydroxylation is 1. The van der Waals surface area contributed by atoms with E-state index in [4.69, 9.17) is 11.6 Å². The van der Waals surface area contributed by atoms with Gasteiger partial charge in [0.05, 0.1) is 6.33 Å². The number of hydrogen-bond acceptors (Lipinski definition) is 2. The number of hydrogen-bond donors (Lipinski definition) is 0. The molecule has 0 aliphatic carbocycles. The Morgan fingerprint density at radius 2 is 2.40 bits per heavy atom. The molecule has 5 heteroatoms. The highest BCUT2D eigenvalue weighted by Crippen LogP contribution is 2.10. The van der Waals surface area contributed by atoms with Crippen molar-refractivity contribution < 1.29 is 0 Å². The van der Waals surface area contributed by atoms with Gasteiger partial charge in [-0.15, -0.1) is 0 Å². The first-order valence-corrected chi connectivity index (χ1v) is 3.95. The highest BCUT2D eigenvalue weighted by atomic mass is 127. The van der Waals surface area contributed by atoms with Crippen LogP contribution in [-0.4, -0.2) is 9.55 Å². The van der Waals surface area contributed by atoms with E-state index >= 15 is 0 Å². The van der Waals surface area contributed by atoms with Gasteiger partial charge in [-0.2, -0.15) is 4.98 Å². The quantitative estimate of drug-likeness (QED) is 0.521. The third-order valence-electron chi connectivity index (χ3n) is 1.03. The molecule has 0 atom stereocenters. The van der Waals surface area contributed by atoms with E-state index in [0.29, 0.717) is 8.72 Å². The van der Waals surface area contributed by atoms with Gasteiger partial charge in [-0.1, -0.05) is 11.6 Å². The van der Waals surface area contributed by atoms with E-state index in [2.05, 4.69) is 4.98 Å². The lowest BCUT2D eigenvalue weighted by molar-refractivity contribution is 0.846. The van der Waals surface area contributed by atoms with Crippen LogP contribution in [0.2, 0.25) is 5.15 Å². The van der Waals surface area contributed by atoms with Crippen molar-refractivity contribution in [2.45, 2.75) is 0 Å². The molecule has 0 aliphatic heterocycles. The lowest BCUT2D eigenvalue weighted by Gasteiger charge is -1.99. The van der Waals surface area contributed by atoms with E-state index in [1.54, 1.807) is 11.6 Å². The largest absolute Gasteiger partial charge is 0.325 e. The summed E-state index contributed by atoms with van der Waals surface area (Å²) in [5, 5.41) is 0.431. The van der Waals surface area contributed by atoms with Gasteiger partial charge in [0.1, 0.15) is 8.72 Å². The smallest absolute Gasteiger partial charge is 0.287 e. The standard InChI is InChI=1S/C5H4ClIN2O/c1-9-2-8-5(10)3(7)4(9)6/h2H,1H3. The van der Waals surface area contributed by atoms with Gasteiger partial charge in [0, 0.05) is 7.05 Å². The molecule has 0 spiro atoms. The summed E-state index contributed by atoms with van der Waals surface area (Å²) in [7, 11) is 1.73. The average Bonchev–Trinajstić information content (AvgIpc) is 1.93. The minimum Gasteiger partial charge on any atom is -0.325 e. The Bertz CT molecular complexity index is 309. The predicted molar refractivity (Wildman–Crippen MR) is 47.2 cm³/mol. The van der Waals surface area contributed by atoms with Crippen molar-refractivity contribution in [2.75, 3.05) is 0 Å². The molecule has 0 unspecified atom stereocenters. The van der Waals surface area contributed by atoms with Gasteiger partial charge < -0.3 is 4.57 Å². The van der Waals surface area contributed by atoms with Crippen LogP contribution in [-0.2, 0) is 7.05 Å². The van der Waals surface area contributed by atoms with Crippen molar-refractivity contribution in [1.82, 2.24) is 9.55 Å². The minimum absolute atomic E-state index is 0.274. The van der Waals surface area contributed by atoms with E-state index in [1.165, 1.54) is 6.33 Å². The van der Waals surface area contributed by atoms with E-state index < -0.39 is 0 Å². The van der Waals surface area contributed by atoms with Crippen molar-refractivity contribution in [1.29, 1.82) is 0 Å². The molecule has 0 fully saturated rings. The first kappa shape index (κ1) is 8.00. The summed E-state index contributed by atoms with van der Waals surface area (Å²) in [6, 6.07) is 0. The van der Waals surface area contributed by atoms with Gasteiger partial charge in [0.2, 0.25) is 0 Å². The molecule has 10 heavy (non-hydrogen) atoms. The van der Waals surface area contributed by atoms with E-state index in [1.807, 2.05) is 22.6 Å². The Labute approximate surface area is 76.2 Å². The first-order chi connectivity index (χ1) is 4.63. The van der Waals surface area contributed by atoms with Crippen molar-refractivity contribution in [3.63, 3.8) is 0 Å². The third kappa shape index (κ3) is 1.32. The van der Waals surface area contributed by atoms with Crippen LogP contribution in [0.25, 0.3) is 0 Å². The zero-order chi connectivity index (χ0) is 7.72. The van der Waals surface area contributed by atoms with Gasteiger partial charge in [-0.25, -0.2) is 0 Å². The second-order valence-electron chi connectivity index (χ2n) is 1.77. The second-order valence-corrected chi connectivity index (χ2v) is 3.20. The van der Waals surface area contributed by atoms with Crippen LogP contribution < -0.4 is 5.56 Å². The van der Waals surface area contributed by atoms with Gasteiger partial charge in [-0.05, 0) is 22.6 Å². The highest BCUT2D eigenvalue weighted by molar-refractivity contribution is 14.1. The molecule has 3 nitrogen and oxygen atoms in total. The number of aromatic nitrogens is 2. The molecular formula is C5H4ClIN2O. The molecule has 1 aromatic heterocycles. The molecule has 1 aromatic rings. The molecule has 0 bridgehead atoms. The fraction of sp³-hybridized carbons (Fsp3) is 0.200. The van der Waals surface area contributed by atoms with Crippen LogP contribution in [0.3, 0.4) is 0 Å². The van der Waals surface area contributed by atoms with Crippen molar-refractivity contribution >= 4 is 34.2 Å². The van der Waals surface area contributed by atoms with Crippen LogP contribution >= 0.6 is 34.2 Å². The molecule has 0 N–H and O–H groups in total. The zero-order valence-corrected chi connectivity index (χ0v) is 8.05. The minimum atomic E-state index is -0.274. The Morgan fingerprint density at radius 3 is 2.90 bits per heavy atom. The number of nitrogens with zero attached hydrogens (tertiary/aromatic N) is 2. The monoisotopic (exact) mass is 270 g/mol. The van der Waals surface area contributed by atoms with Crippen LogP contribution in [0.4, 0.5) is 0 Å². The predicted octanol–water partition coefficient (Wildman–Crippen LogP) is 1.04. The van der Waals surface area contributed by atoms with Gasteiger partial charge >= 0.3 is 0 Å². The average molecular weight is 270 g/mol. The third-order valence-corrected chi connectivity index (χ3v) is 2.77. The molecule has 0 amide bonds. The van der Waals surface area contributed by atoms with Crippen LogP contribution in [0.5, 0.6) is 0 Å². The summed E-state index contributed by atoms with van der Waals surface area (Å²) in [5.74, 6) is 0. The van der Waals surface area contributed by atoms with Gasteiger partial charge in [-0.3, -0.25) is 4.79 Å². The summed E-state index contributed by atoms with van der Waals surface area (Å²) < 4.78 is 2.05. The number of halogens is 2. The molecule has 54 valence electrons. The molecule has 0 radical (unpaired) electrons. The summed E-state index contributed by atoms with van der Waals surface area (Å²) in [6.45, 7) is 0. The highest BCUT2D eigenvalue weighted by Gasteiger charge is 2.02. The summed E-state index contributed by atoms with van der Waals surface area (Å²) in [6.07, 6.45) is 1.40. The summed E-state index contributed by atoms with van der Waals surface area (Å²) >= 11 is 7.57. The van der Waals surface area contributed by atoms with Crippen LogP contribution in [0.15, 0.2) is 11.1 Å². The lowest BCUT2D eigenvalue weighted by atomic mass is 10.6. The maximum absolute atomic E-state index is 10.8. The van der Waals surface area contributed by atoms with Crippen molar-refractivity contribution in [3.8, 4) is 0 Å². The molecule has 1 rings (SSSR count). The molecule has 0 aliphatic rings. The van der Waals surface area contributed by atoms with Crippen molar-refractivity contribution in [3.05, 3.63) is 25.4 Å². The lowest BCUT2D eigenvalue weighted by Crippen LogP contribution is -2.13. The maximum atomic E-state index is 10.8. The molecule has 0 aromatic carbocycles. The topological polar surface area (TPSA) is 34.9 Å². The normalized spacial score (nSPS) is 9.90. The van der Waals surface area contributed by atoms with Crippen LogP contribution in [0.1, 0.15) is 0 Å². The Morgan fingerprint density at radius 1 is 1.80 bits per heavy atom. The van der Waals surface area contributed by atoms with E-state index in [0.717, 1.165) is 0 Å². The zero-order valence-electron chi connectivity index (χ0n) is 5.14. The summed E-state index contributed by atoms with van der Waals surface area (Å²) in [4.78, 5) is 14.3. The second kappa shape index (κ2) is 2.87.